The van der Waals surface area contributed by atoms with Crippen LogP contribution in [-0.2, 0) is 16.4 Å². The molecule has 0 bridgehead atoms. The Hall–Kier alpha value is -3.70. The first-order valence-corrected chi connectivity index (χ1v) is 12.6. The molecule has 0 spiro atoms. The Morgan fingerprint density at radius 2 is 1.85 bits per heavy atom. The van der Waals surface area contributed by atoms with Gasteiger partial charge in [0.05, 0.1) is 11.1 Å². The summed E-state index contributed by atoms with van der Waals surface area (Å²) in [7, 11) is -3.99. The summed E-state index contributed by atoms with van der Waals surface area (Å²) in [5.74, 6) is -0.674. The van der Waals surface area contributed by atoms with Crippen molar-refractivity contribution < 1.29 is 17.6 Å². The van der Waals surface area contributed by atoms with Gasteiger partial charge in [0.1, 0.15) is 10.0 Å². The largest absolute Gasteiger partial charge is 0.396 e. The lowest BCUT2D eigenvalue weighted by molar-refractivity contribution is 0.256. The molecule has 8 nitrogen and oxygen atoms in total. The highest BCUT2D eigenvalue weighted by Gasteiger charge is 2.20. The number of thiophene rings is 1. The molecule has 0 fully saturated rings. The van der Waals surface area contributed by atoms with Crippen LogP contribution in [0.4, 0.5) is 20.6 Å². The van der Waals surface area contributed by atoms with Crippen molar-refractivity contribution >= 4 is 49.5 Å². The van der Waals surface area contributed by atoms with Crippen molar-refractivity contribution in [2.24, 2.45) is 0 Å². The van der Waals surface area contributed by atoms with Crippen molar-refractivity contribution in [1.29, 1.82) is 0 Å². The van der Waals surface area contributed by atoms with Crippen molar-refractivity contribution in [3.8, 4) is 5.69 Å². The number of aromatic nitrogens is 1. The van der Waals surface area contributed by atoms with E-state index in [2.05, 4.69) is 5.32 Å². The fourth-order valence-corrected chi connectivity index (χ4v) is 5.77. The molecular weight excluding hydrogens is 479 g/mol. The summed E-state index contributed by atoms with van der Waals surface area (Å²) in [6.45, 7) is 2.00. The number of rotatable bonds is 6. The lowest BCUT2D eigenvalue weighted by Gasteiger charge is -2.10. The first kappa shape index (κ1) is 23.5. The molecule has 0 radical (unpaired) electrons. The molecule has 11 heteroatoms. The fourth-order valence-electron chi connectivity index (χ4n) is 3.40. The first-order chi connectivity index (χ1) is 16.2. The third-order valence-electron chi connectivity index (χ3n) is 5.05. The van der Waals surface area contributed by atoms with Crippen molar-refractivity contribution in [2.75, 3.05) is 11.1 Å². The van der Waals surface area contributed by atoms with Gasteiger partial charge in [-0.15, -0.1) is 11.3 Å². The molecule has 34 heavy (non-hydrogen) atoms. The summed E-state index contributed by atoms with van der Waals surface area (Å²) in [5.41, 5.74) is 5.89. The third-order valence-corrected chi connectivity index (χ3v) is 8.02. The number of carbonyl (C=O) groups excluding carboxylic acids is 1. The van der Waals surface area contributed by atoms with E-state index in [9.17, 15) is 22.4 Å². The topological polar surface area (TPSA) is 123 Å². The molecule has 0 atom stereocenters. The van der Waals surface area contributed by atoms with Crippen LogP contribution in [0, 0.1) is 5.82 Å². The maximum atomic E-state index is 13.8. The summed E-state index contributed by atoms with van der Waals surface area (Å²) >= 11 is 1.12. The zero-order valence-corrected chi connectivity index (χ0v) is 19.7. The number of nitrogens with one attached hydrogen (secondary N) is 2. The van der Waals surface area contributed by atoms with Gasteiger partial charge in [-0.3, -0.25) is 9.36 Å². The number of fused-ring (bicyclic) bond motifs is 1. The van der Waals surface area contributed by atoms with Crippen molar-refractivity contribution in [3.63, 3.8) is 0 Å². The number of halogens is 1. The maximum absolute atomic E-state index is 13.8. The van der Waals surface area contributed by atoms with Crippen LogP contribution in [0.1, 0.15) is 18.2 Å². The van der Waals surface area contributed by atoms with Gasteiger partial charge in [0.15, 0.2) is 0 Å². The van der Waals surface area contributed by atoms with E-state index in [1.165, 1.54) is 35.0 Å². The van der Waals surface area contributed by atoms with Crippen LogP contribution < -0.4 is 21.3 Å². The summed E-state index contributed by atoms with van der Waals surface area (Å²) in [4.78, 5) is 26.0. The second kappa shape index (κ2) is 9.27. The van der Waals surface area contributed by atoms with Crippen LogP contribution in [0.3, 0.4) is 0 Å². The number of carbonyl (C=O) groups is 1. The molecule has 0 aliphatic rings. The van der Waals surface area contributed by atoms with E-state index in [4.69, 9.17) is 5.73 Å². The molecule has 0 aliphatic heterocycles. The van der Waals surface area contributed by atoms with E-state index >= 15 is 0 Å². The monoisotopic (exact) mass is 500 g/mol. The van der Waals surface area contributed by atoms with Crippen LogP contribution in [0.25, 0.3) is 16.5 Å². The van der Waals surface area contributed by atoms with Crippen LogP contribution in [0.2, 0.25) is 0 Å². The number of hydrogen-bond donors (Lipinski definition) is 3. The Labute approximate surface area is 198 Å². The minimum absolute atomic E-state index is 0.0409. The summed E-state index contributed by atoms with van der Waals surface area (Å²) < 4.78 is 42.1. The predicted molar refractivity (Wildman–Crippen MR) is 132 cm³/mol. The van der Waals surface area contributed by atoms with E-state index in [1.807, 2.05) is 11.6 Å². The highest BCUT2D eigenvalue weighted by Crippen LogP contribution is 2.23. The minimum Gasteiger partial charge on any atom is -0.396 e. The normalized spacial score (nSPS) is 11.5. The van der Waals surface area contributed by atoms with Gasteiger partial charge in [-0.25, -0.2) is 22.3 Å². The van der Waals surface area contributed by atoms with Crippen molar-refractivity contribution in [1.82, 2.24) is 9.29 Å². The van der Waals surface area contributed by atoms with Gasteiger partial charge in [0.25, 0.3) is 15.6 Å². The van der Waals surface area contributed by atoms with Crippen LogP contribution in [0.5, 0.6) is 0 Å². The second-order valence-corrected chi connectivity index (χ2v) is 10.6. The number of anilines is 2. The number of aryl methyl sites for hydroxylation is 1. The average Bonchev–Trinajstić information content (AvgIpc) is 3.26. The number of pyridine rings is 1. The maximum Gasteiger partial charge on any atom is 0.333 e. The number of nitrogens with two attached hydrogens (primary N) is 1. The van der Waals surface area contributed by atoms with Crippen molar-refractivity contribution in [2.45, 2.75) is 24.0 Å². The highest BCUT2D eigenvalue weighted by molar-refractivity contribution is 7.92. The zero-order chi connectivity index (χ0) is 24.5. The zero-order valence-electron chi connectivity index (χ0n) is 18.0. The van der Waals surface area contributed by atoms with E-state index in [-0.39, 0.29) is 15.3 Å². The molecule has 4 N–H and O–H groups in total. The summed E-state index contributed by atoms with van der Waals surface area (Å²) in [6.07, 6.45) is 3.19. The lowest BCUT2D eigenvalue weighted by atomic mass is 10.1. The van der Waals surface area contributed by atoms with E-state index in [1.54, 1.807) is 24.3 Å². The van der Waals surface area contributed by atoms with E-state index in [0.717, 1.165) is 35.1 Å². The quantitative estimate of drug-likeness (QED) is 0.342. The number of hydrogen-bond acceptors (Lipinski definition) is 6. The van der Waals surface area contributed by atoms with Gasteiger partial charge < -0.3 is 11.1 Å². The molecule has 2 aromatic heterocycles. The molecule has 0 unspecified atom stereocenters. The van der Waals surface area contributed by atoms with Gasteiger partial charge in [0.2, 0.25) is 0 Å². The first-order valence-electron chi connectivity index (χ1n) is 10.3. The van der Waals surface area contributed by atoms with Gasteiger partial charge in [-0.05, 0) is 66.4 Å². The van der Waals surface area contributed by atoms with Crippen LogP contribution >= 0.6 is 11.3 Å². The fraction of sp³-hybridized carbons (Fsp3) is 0.130. The molecule has 4 aromatic rings. The number of nitrogens with zero attached hydrogens (tertiary/aromatic N) is 1. The Kier molecular flexibility index (Phi) is 6.40. The standard InChI is InChI=1S/C23H21FN4O4S2/c1-2-3-17-8-9-21(33-17)34(31,32)27-23(30)26-15-4-6-16(7-5-15)28-11-10-14-12-20(25)19(24)13-18(14)22(28)29/h4-13H,2-3,25H2,1H3,(H2,26,27,30). The second-order valence-electron chi connectivity index (χ2n) is 7.53. The predicted octanol–water partition coefficient (Wildman–Crippen LogP) is 4.24. The number of urea groups is 1. The van der Waals surface area contributed by atoms with Gasteiger partial charge in [-0.1, -0.05) is 13.3 Å². The molecule has 0 aliphatic carbocycles. The Balaban J connectivity index is 1.49. The number of benzene rings is 2. The Morgan fingerprint density at radius 1 is 1.12 bits per heavy atom. The van der Waals surface area contributed by atoms with Gasteiger partial charge >= 0.3 is 6.03 Å². The number of amides is 2. The molecule has 176 valence electrons. The molecule has 0 saturated heterocycles. The molecule has 4 rings (SSSR count). The van der Waals surface area contributed by atoms with E-state index < -0.39 is 27.4 Å². The third kappa shape index (κ3) is 4.80. The Bertz CT molecular complexity index is 1540. The molecule has 0 saturated carbocycles. The SMILES string of the molecule is CCCc1ccc(S(=O)(=O)NC(=O)Nc2ccc(-n3ccc4cc(N)c(F)cc4c3=O)cc2)s1. The minimum atomic E-state index is -3.99. The lowest BCUT2D eigenvalue weighted by Crippen LogP contribution is -2.33. The summed E-state index contributed by atoms with van der Waals surface area (Å²) in [5, 5.41) is 3.16. The van der Waals surface area contributed by atoms with E-state index in [0.29, 0.717) is 16.8 Å². The average molecular weight is 501 g/mol. The van der Waals surface area contributed by atoms with Crippen LogP contribution in [-0.4, -0.2) is 19.0 Å². The molecule has 2 amide bonds. The van der Waals surface area contributed by atoms with Gasteiger partial charge in [0, 0.05) is 22.4 Å². The molecule has 2 heterocycles. The van der Waals surface area contributed by atoms with Gasteiger partial charge in [-0.2, -0.15) is 0 Å². The molecule has 2 aromatic carbocycles. The Morgan fingerprint density at radius 3 is 2.56 bits per heavy atom. The number of sulfonamides is 1. The summed E-state index contributed by atoms with van der Waals surface area (Å²) in [6, 6.07) is 12.6. The smallest absolute Gasteiger partial charge is 0.333 e. The van der Waals surface area contributed by atoms with Crippen LogP contribution in [0.15, 0.2) is 69.8 Å². The highest BCUT2D eigenvalue weighted by atomic mass is 32.2. The molecular formula is C23H21FN4O4S2. The van der Waals surface area contributed by atoms with Crippen molar-refractivity contribution in [3.05, 3.63) is 81.8 Å². The number of nitrogen functional groups attached to an aromatic ring is 1.